The van der Waals surface area contributed by atoms with E-state index < -0.39 is 0 Å². The summed E-state index contributed by atoms with van der Waals surface area (Å²) in [6, 6.07) is 15.8. The third kappa shape index (κ3) is 2.70. The van der Waals surface area contributed by atoms with Gasteiger partial charge in [-0.05, 0) is 49.2 Å². The number of hydrogen-bond donors (Lipinski definition) is 1. The molecule has 0 spiro atoms. The zero-order valence-electron chi connectivity index (χ0n) is 14.7. The van der Waals surface area contributed by atoms with Gasteiger partial charge in [0.25, 0.3) is 5.91 Å². The van der Waals surface area contributed by atoms with Gasteiger partial charge in [-0.2, -0.15) is 0 Å². The highest BCUT2D eigenvalue weighted by molar-refractivity contribution is 5.95. The fourth-order valence-corrected chi connectivity index (χ4v) is 3.85. The van der Waals surface area contributed by atoms with E-state index in [9.17, 15) is 4.79 Å². The van der Waals surface area contributed by atoms with Gasteiger partial charge in [-0.3, -0.25) is 9.36 Å². The second-order valence-electron chi connectivity index (χ2n) is 6.78. The maximum absolute atomic E-state index is 13.0. The number of carbonyl (C=O) groups excluding carboxylic acids is 1. The molecule has 4 aromatic rings. The van der Waals surface area contributed by atoms with Crippen LogP contribution in [-0.4, -0.2) is 36.9 Å². The van der Waals surface area contributed by atoms with E-state index in [2.05, 4.69) is 15.0 Å². The Balaban J connectivity index is 1.42. The van der Waals surface area contributed by atoms with Crippen molar-refractivity contribution in [2.45, 2.75) is 18.9 Å². The Hall–Kier alpha value is -3.41. The van der Waals surface area contributed by atoms with E-state index >= 15 is 0 Å². The van der Waals surface area contributed by atoms with E-state index in [0.29, 0.717) is 5.56 Å². The molecule has 1 atom stereocenters. The zero-order valence-corrected chi connectivity index (χ0v) is 14.7. The predicted molar refractivity (Wildman–Crippen MR) is 103 cm³/mol. The lowest BCUT2D eigenvalue weighted by Gasteiger charge is -2.23. The summed E-state index contributed by atoms with van der Waals surface area (Å²) in [5.74, 6) is 0.915. The highest BCUT2D eigenvalue weighted by Gasteiger charge is 2.32. The molecule has 27 heavy (non-hydrogen) atoms. The molecule has 0 bridgehead atoms. The van der Waals surface area contributed by atoms with Crippen molar-refractivity contribution in [3.8, 4) is 5.69 Å². The van der Waals surface area contributed by atoms with Gasteiger partial charge in [-0.15, -0.1) is 0 Å². The Morgan fingerprint density at radius 2 is 1.93 bits per heavy atom. The molecular weight excluding hydrogens is 338 g/mol. The third-order valence-corrected chi connectivity index (χ3v) is 5.19. The van der Waals surface area contributed by atoms with Crippen LogP contribution in [0.15, 0.2) is 67.3 Å². The molecular formula is C21H19N5O. The van der Waals surface area contributed by atoms with Gasteiger partial charge < -0.3 is 9.88 Å². The average Bonchev–Trinajstić information content (AvgIpc) is 3.47. The van der Waals surface area contributed by atoms with Crippen LogP contribution in [0.5, 0.6) is 0 Å². The highest BCUT2D eigenvalue weighted by Crippen LogP contribution is 2.31. The summed E-state index contributed by atoms with van der Waals surface area (Å²) >= 11 is 0. The average molecular weight is 357 g/mol. The van der Waals surface area contributed by atoms with Crippen molar-refractivity contribution in [3.63, 3.8) is 0 Å². The molecule has 6 nitrogen and oxygen atoms in total. The van der Waals surface area contributed by atoms with Crippen molar-refractivity contribution in [2.75, 3.05) is 6.54 Å². The maximum atomic E-state index is 13.0. The Bertz CT molecular complexity index is 1080. The SMILES string of the molecule is O=C(c1ccc(-n2cnc3ccccc32)cc1)N1CCC[C@@H]1c1ncc[nH]1. The van der Waals surface area contributed by atoms with E-state index in [0.717, 1.165) is 41.9 Å². The molecule has 134 valence electrons. The summed E-state index contributed by atoms with van der Waals surface area (Å²) in [7, 11) is 0. The molecule has 5 rings (SSSR count). The van der Waals surface area contributed by atoms with E-state index in [1.165, 1.54) is 0 Å². The van der Waals surface area contributed by atoms with Gasteiger partial charge in [0.15, 0.2) is 0 Å². The third-order valence-electron chi connectivity index (χ3n) is 5.19. The van der Waals surface area contributed by atoms with Crippen LogP contribution in [0.25, 0.3) is 16.7 Å². The minimum atomic E-state index is 0.0322. The Labute approximate surface area is 156 Å². The van der Waals surface area contributed by atoms with Crippen molar-refractivity contribution in [1.29, 1.82) is 0 Å². The van der Waals surface area contributed by atoms with Crippen LogP contribution >= 0.6 is 0 Å². The normalized spacial score (nSPS) is 16.9. The molecule has 2 aromatic heterocycles. The lowest BCUT2D eigenvalue weighted by Crippen LogP contribution is -2.31. The largest absolute Gasteiger partial charge is 0.347 e. The number of hydrogen-bond acceptors (Lipinski definition) is 3. The maximum Gasteiger partial charge on any atom is 0.254 e. The summed E-state index contributed by atoms with van der Waals surface area (Å²) in [5.41, 5.74) is 3.69. The van der Waals surface area contributed by atoms with Crippen molar-refractivity contribution in [1.82, 2.24) is 24.4 Å². The van der Waals surface area contributed by atoms with Crippen LogP contribution in [0.3, 0.4) is 0 Å². The number of carbonyl (C=O) groups is 1. The van der Waals surface area contributed by atoms with E-state index in [1.807, 2.05) is 64.3 Å². The lowest BCUT2D eigenvalue weighted by molar-refractivity contribution is 0.0730. The van der Waals surface area contributed by atoms with Gasteiger partial charge in [0, 0.05) is 30.2 Å². The number of likely N-dealkylation sites (tertiary alicyclic amines) is 1. The molecule has 2 aromatic carbocycles. The Morgan fingerprint density at radius 1 is 1.07 bits per heavy atom. The predicted octanol–water partition coefficient (Wildman–Crippen LogP) is 3.73. The number of nitrogens with one attached hydrogen (secondary N) is 1. The standard InChI is InChI=1S/C21H19N5O/c27-21(25-13-3-6-19(25)20-22-11-12-23-20)15-7-9-16(10-8-15)26-14-24-17-4-1-2-5-18(17)26/h1-2,4-5,7-12,14,19H,3,6,13H2,(H,22,23)/t19-/m1/s1. The van der Waals surface area contributed by atoms with Gasteiger partial charge in [0.1, 0.15) is 12.2 Å². The Morgan fingerprint density at radius 3 is 2.74 bits per heavy atom. The number of H-pyrrole nitrogens is 1. The number of nitrogens with zero attached hydrogens (tertiary/aromatic N) is 4. The van der Waals surface area contributed by atoms with Crippen LogP contribution in [-0.2, 0) is 0 Å². The number of aromatic nitrogens is 4. The minimum Gasteiger partial charge on any atom is -0.347 e. The fraction of sp³-hybridized carbons (Fsp3) is 0.190. The number of benzene rings is 2. The van der Waals surface area contributed by atoms with Gasteiger partial charge >= 0.3 is 0 Å². The molecule has 1 aliphatic rings. The fourth-order valence-electron chi connectivity index (χ4n) is 3.85. The second-order valence-corrected chi connectivity index (χ2v) is 6.78. The van der Waals surface area contributed by atoms with Crippen LogP contribution < -0.4 is 0 Å². The quantitative estimate of drug-likeness (QED) is 0.607. The number of amides is 1. The van der Waals surface area contributed by atoms with Crippen LogP contribution in [0.2, 0.25) is 0 Å². The molecule has 1 N–H and O–H groups in total. The van der Waals surface area contributed by atoms with E-state index in [-0.39, 0.29) is 11.9 Å². The van der Waals surface area contributed by atoms with E-state index in [4.69, 9.17) is 0 Å². The molecule has 3 heterocycles. The monoisotopic (exact) mass is 357 g/mol. The van der Waals surface area contributed by atoms with Crippen LogP contribution in [0.4, 0.5) is 0 Å². The number of imidazole rings is 2. The minimum absolute atomic E-state index is 0.0322. The number of aromatic amines is 1. The molecule has 0 saturated carbocycles. The van der Waals surface area contributed by atoms with Gasteiger partial charge in [-0.25, -0.2) is 9.97 Å². The number of rotatable bonds is 3. The summed E-state index contributed by atoms with van der Waals surface area (Å²) in [5, 5.41) is 0. The van der Waals surface area contributed by atoms with Crippen LogP contribution in [0.1, 0.15) is 35.1 Å². The molecule has 1 aliphatic heterocycles. The summed E-state index contributed by atoms with van der Waals surface area (Å²) in [4.78, 5) is 26.9. The van der Waals surface area contributed by atoms with Crippen molar-refractivity contribution < 1.29 is 4.79 Å². The van der Waals surface area contributed by atoms with Gasteiger partial charge in [0.2, 0.25) is 0 Å². The first-order chi connectivity index (χ1) is 13.3. The lowest BCUT2D eigenvalue weighted by atomic mass is 10.1. The van der Waals surface area contributed by atoms with Crippen molar-refractivity contribution in [2.24, 2.45) is 0 Å². The smallest absolute Gasteiger partial charge is 0.254 e. The zero-order chi connectivity index (χ0) is 18.2. The molecule has 0 radical (unpaired) electrons. The summed E-state index contributed by atoms with van der Waals surface area (Å²) < 4.78 is 2.03. The number of fused-ring (bicyclic) bond motifs is 1. The molecule has 1 fully saturated rings. The molecule has 1 amide bonds. The van der Waals surface area contributed by atoms with Gasteiger partial charge in [-0.1, -0.05) is 12.1 Å². The molecule has 6 heteroatoms. The van der Waals surface area contributed by atoms with E-state index in [1.54, 1.807) is 12.4 Å². The first kappa shape index (κ1) is 15.8. The first-order valence-electron chi connectivity index (χ1n) is 9.14. The highest BCUT2D eigenvalue weighted by atomic mass is 16.2. The molecule has 0 unspecified atom stereocenters. The topological polar surface area (TPSA) is 66.8 Å². The van der Waals surface area contributed by atoms with Crippen molar-refractivity contribution in [3.05, 3.63) is 78.6 Å². The number of para-hydroxylation sites is 2. The second kappa shape index (κ2) is 6.39. The Kier molecular flexibility index (Phi) is 3.74. The van der Waals surface area contributed by atoms with Gasteiger partial charge in [0.05, 0.1) is 17.1 Å². The molecule has 0 aliphatic carbocycles. The molecule has 1 saturated heterocycles. The first-order valence-corrected chi connectivity index (χ1v) is 9.14. The summed E-state index contributed by atoms with van der Waals surface area (Å²) in [6.07, 6.45) is 7.30. The van der Waals surface area contributed by atoms with Crippen LogP contribution in [0, 0.1) is 0 Å². The van der Waals surface area contributed by atoms with Crippen molar-refractivity contribution >= 4 is 16.9 Å². The summed E-state index contributed by atoms with van der Waals surface area (Å²) in [6.45, 7) is 0.762.